The van der Waals surface area contributed by atoms with Gasteiger partial charge in [0.2, 0.25) is 0 Å². The largest absolute Gasteiger partial charge is 0.294 e. The first kappa shape index (κ1) is 96.9. The quantitative estimate of drug-likeness (QED) is 0.168. The minimum absolute atomic E-state index is 0.165. The summed E-state index contributed by atoms with van der Waals surface area (Å²) in [7, 11) is 0. The van der Waals surface area contributed by atoms with Gasteiger partial charge in [0.1, 0.15) is 0 Å². The Kier molecular flexibility index (Phi) is 45.4. The maximum absolute atomic E-state index is 12.3. The molecule has 0 spiro atoms. The third kappa shape index (κ3) is 34.2. The zero-order valence-electron chi connectivity index (χ0n) is 69.1. The number of carbonyl (C=O) groups is 4. The lowest BCUT2D eigenvalue weighted by molar-refractivity contribution is 0.0852. The van der Waals surface area contributed by atoms with Gasteiger partial charge in [-0.15, -0.1) is 0 Å². The van der Waals surface area contributed by atoms with Gasteiger partial charge < -0.3 is 0 Å². The Bertz CT molecular complexity index is 2860. The molecule has 0 amide bonds. The molecule has 0 N–H and O–H groups in total. The van der Waals surface area contributed by atoms with Gasteiger partial charge in [0.15, 0.2) is 23.1 Å². The van der Waals surface area contributed by atoms with Crippen LogP contribution in [0.25, 0.3) is 29.1 Å². The summed E-state index contributed by atoms with van der Waals surface area (Å²) in [5, 5.41) is 1.01. The van der Waals surface area contributed by atoms with Crippen LogP contribution in [0.2, 0.25) is 0 Å². The zero-order chi connectivity index (χ0) is 75.5. The van der Waals surface area contributed by atoms with E-state index in [0.717, 1.165) is 52.4 Å². The Morgan fingerprint density at radius 2 is 0.511 bits per heavy atom. The van der Waals surface area contributed by atoms with E-state index in [1.807, 2.05) is 242 Å². The molecule has 94 heavy (non-hydrogen) atoms. The molecule has 532 valence electrons. The fraction of sp³-hybridized carbons (Fsp3) is 0.584. The van der Waals surface area contributed by atoms with Gasteiger partial charge in [-0.3, -0.25) is 24.2 Å². The fourth-order valence-electron chi connectivity index (χ4n) is 8.82. The lowest BCUT2D eigenvalue weighted by Gasteiger charge is -2.20. The minimum atomic E-state index is -0.337. The average Bonchev–Trinajstić information content (AvgIpc) is 1.61. The highest BCUT2D eigenvalue weighted by atomic mass is 16.1. The van der Waals surface area contributed by atoms with Gasteiger partial charge in [-0.1, -0.05) is 361 Å². The second kappa shape index (κ2) is 44.1. The highest BCUT2D eigenvalue weighted by Crippen LogP contribution is 2.40. The van der Waals surface area contributed by atoms with E-state index < -0.39 is 0 Å². The van der Waals surface area contributed by atoms with Crippen LogP contribution in [-0.4, -0.2) is 28.1 Å². The maximum atomic E-state index is 12.3. The predicted molar refractivity (Wildman–Crippen MR) is 426 cm³/mol. The monoisotopic (exact) mass is 1290 g/mol. The van der Waals surface area contributed by atoms with Crippen molar-refractivity contribution in [3.8, 4) is 0 Å². The van der Waals surface area contributed by atoms with E-state index in [0.29, 0.717) is 5.41 Å². The Balaban J connectivity index is -0.000000341. The van der Waals surface area contributed by atoms with Crippen LogP contribution in [0.4, 0.5) is 0 Å². The summed E-state index contributed by atoms with van der Waals surface area (Å²) in [6.07, 6.45) is 11.6. The molecule has 0 bridgehead atoms. The highest BCUT2D eigenvalue weighted by molar-refractivity contribution is 6.03. The molecule has 0 aliphatic heterocycles. The minimum Gasteiger partial charge on any atom is -0.294 e. The van der Waals surface area contributed by atoms with Crippen LogP contribution in [0.15, 0.2) is 108 Å². The number of fused-ring (bicyclic) bond motifs is 4. The molecular weight excluding hydrogens is 1150 g/mol. The summed E-state index contributed by atoms with van der Waals surface area (Å²) in [5.41, 5.74) is 16.0. The molecule has 3 aliphatic rings. The van der Waals surface area contributed by atoms with Gasteiger partial charge in [0.25, 0.3) is 0 Å². The first-order valence-corrected chi connectivity index (χ1v) is 36.3. The molecule has 1 aromatic heterocycles. The molecule has 0 radical (unpaired) electrons. The Hall–Kier alpha value is -5.81. The van der Waals surface area contributed by atoms with E-state index in [2.05, 4.69) is 150 Å². The number of aromatic nitrogens is 1. The number of hydrogen-bond donors (Lipinski definition) is 0. The number of allylic oxidation sites excluding steroid dienone is 3. The molecule has 0 saturated heterocycles. The van der Waals surface area contributed by atoms with Crippen molar-refractivity contribution in [1.82, 2.24) is 4.98 Å². The van der Waals surface area contributed by atoms with Crippen molar-refractivity contribution < 1.29 is 19.2 Å². The van der Waals surface area contributed by atoms with Crippen LogP contribution >= 0.6 is 0 Å². The normalized spacial score (nSPS) is 12.3. The van der Waals surface area contributed by atoms with E-state index >= 15 is 0 Å². The van der Waals surface area contributed by atoms with Crippen LogP contribution in [0.1, 0.15) is 359 Å². The van der Waals surface area contributed by atoms with Crippen LogP contribution in [0.5, 0.6) is 0 Å². The number of Topliss-reactive ketones (excluding diaryl/α,β-unsaturated/α-hetero) is 4. The molecular formula is C89H147NO4. The molecule has 0 atom stereocenters. The molecule has 0 fully saturated rings. The summed E-state index contributed by atoms with van der Waals surface area (Å²) in [6.45, 7) is 84.5. The number of benzene rings is 4. The summed E-state index contributed by atoms with van der Waals surface area (Å²) < 4.78 is 0. The standard InChI is InChI=1S/3C18H24O.C14H15NO.C5H12.8C2H6/c3*1-17(2,3)15-10-12-7-8-13(9-14(12)11-15)16(19)18(4,5)6;1-14(2,3)13(16)11-6-7-12-10(9-11)5-4-8-15-12;1-5(2,3)4;8*1-2/h3*7-9,11H,10H2,1-6H3;4-9H,1-3H3;1-4H3;8*1-2H3. The van der Waals surface area contributed by atoms with Crippen molar-refractivity contribution in [2.45, 2.75) is 303 Å². The Morgan fingerprint density at radius 1 is 0.298 bits per heavy atom. The molecule has 5 nitrogen and oxygen atoms in total. The topological polar surface area (TPSA) is 81.2 Å². The van der Waals surface area contributed by atoms with Crippen LogP contribution in [-0.2, 0) is 19.3 Å². The predicted octanol–water partition coefficient (Wildman–Crippen LogP) is 28.4. The molecule has 5 heteroatoms. The summed E-state index contributed by atoms with van der Waals surface area (Å²) in [5.74, 6) is 0.812. The summed E-state index contributed by atoms with van der Waals surface area (Å²) in [4.78, 5) is 53.3. The molecule has 5 aromatic rings. The van der Waals surface area contributed by atoms with Gasteiger partial charge >= 0.3 is 0 Å². The van der Waals surface area contributed by atoms with E-state index in [9.17, 15) is 19.2 Å². The number of ketones is 4. The van der Waals surface area contributed by atoms with Crippen molar-refractivity contribution in [2.24, 2.45) is 43.3 Å². The van der Waals surface area contributed by atoms with E-state index in [4.69, 9.17) is 0 Å². The van der Waals surface area contributed by atoms with Crippen molar-refractivity contribution in [1.29, 1.82) is 0 Å². The average molecular weight is 1300 g/mol. The molecule has 8 rings (SSSR count). The number of carbonyl (C=O) groups excluding carboxylic acids is 4. The second-order valence-corrected chi connectivity index (χ2v) is 30.8. The highest BCUT2D eigenvalue weighted by Gasteiger charge is 2.30. The number of rotatable bonds is 4. The maximum Gasteiger partial charge on any atom is 0.168 e. The SMILES string of the molecule is CC.CC.CC.CC.CC.CC.CC.CC.CC(C)(C)C.CC(C)(C)C(=O)c1ccc2c(c1)C=C(C(C)(C)C)C2.CC(C)(C)C(=O)c1ccc2c(c1)C=C(C(C)(C)C)C2.CC(C)(C)C(=O)c1ccc2c(c1)C=C(C(C)(C)C)C2.CC(C)(C)C(=O)c1ccc2ncccc2c1. The summed E-state index contributed by atoms with van der Waals surface area (Å²) in [6, 6.07) is 28.0. The lowest BCUT2D eigenvalue weighted by Crippen LogP contribution is -2.20. The first-order chi connectivity index (χ1) is 43.2. The lowest BCUT2D eigenvalue weighted by atomic mass is 9.85. The van der Waals surface area contributed by atoms with Crippen molar-refractivity contribution >= 4 is 52.3 Å². The van der Waals surface area contributed by atoms with Gasteiger partial charge in [-0.2, -0.15) is 0 Å². The van der Waals surface area contributed by atoms with E-state index in [1.54, 1.807) is 6.20 Å². The van der Waals surface area contributed by atoms with Crippen molar-refractivity contribution in [2.75, 3.05) is 0 Å². The Labute approximate surface area is 583 Å². The van der Waals surface area contributed by atoms with Crippen LogP contribution in [0.3, 0.4) is 0 Å². The molecule has 3 aliphatic carbocycles. The number of hydrogen-bond acceptors (Lipinski definition) is 5. The van der Waals surface area contributed by atoms with E-state index in [1.165, 1.54) is 50.1 Å². The van der Waals surface area contributed by atoms with Gasteiger partial charge in [0.05, 0.1) is 5.52 Å². The number of nitrogens with zero attached hydrogens (tertiary/aromatic N) is 1. The number of pyridine rings is 1. The molecule has 0 unspecified atom stereocenters. The summed E-state index contributed by atoms with van der Waals surface area (Å²) >= 11 is 0. The smallest absolute Gasteiger partial charge is 0.168 e. The van der Waals surface area contributed by atoms with E-state index in [-0.39, 0.29) is 61.0 Å². The third-order valence-electron chi connectivity index (χ3n) is 13.8. The van der Waals surface area contributed by atoms with Crippen molar-refractivity contribution in [3.05, 3.63) is 163 Å². The molecule has 4 aromatic carbocycles. The van der Waals surface area contributed by atoms with Crippen LogP contribution < -0.4 is 0 Å². The van der Waals surface area contributed by atoms with Crippen LogP contribution in [0, 0.1) is 43.3 Å². The van der Waals surface area contributed by atoms with Gasteiger partial charge in [0, 0.05) is 55.5 Å². The van der Waals surface area contributed by atoms with Gasteiger partial charge in [-0.05, 0) is 117 Å². The van der Waals surface area contributed by atoms with Crippen molar-refractivity contribution in [3.63, 3.8) is 0 Å². The third-order valence-corrected chi connectivity index (χ3v) is 13.8. The second-order valence-electron chi connectivity index (χ2n) is 30.8. The zero-order valence-corrected chi connectivity index (χ0v) is 69.1. The first-order valence-electron chi connectivity index (χ1n) is 36.3. The van der Waals surface area contributed by atoms with Gasteiger partial charge in [-0.25, -0.2) is 0 Å². The Morgan fingerprint density at radius 3 is 0.723 bits per heavy atom. The molecule has 0 saturated carbocycles. The molecule has 1 heterocycles. The fourth-order valence-corrected chi connectivity index (χ4v) is 8.82.